The van der Waals surface area contributed by atoms with Crippen LogP contribution in [0.25, 0.3) is 0 Å². The van der Waals surface area contributed by atoms with Crippen molar-refractivity contribution in [1.29, 1.82) is 0 Å². The van der Waals surface area contributed by atoms with Gasteiger partial charge < -0.3 is 4.90 Å². The van der Waals surface area contributed by atoms with Gasteiger partial charge in [0, 0.05) is 18.5 Å². The zero-order chi connectivity index (χ0) is 13.5. The van der Waals surface area contributed by atoms with Gasteiger partial charge in [-0.3, -0.25) is 9.59 Å². The molecular formula is C16H23NO2. The SMILES string of the molecule is CC12CC3CC(C)(C1)CC(N1CCC(=O)C1=O)(C3)C2. The van der Waals surface area contributed by atoms with Crippen LogP contribution < -0.4 is 0 Å². The van der Waals surface area contributed by atoms with Crippen LogP contribution in [-0.2, 0) is 9.59 Å². The van der Waals surface area contributed by atoms with Crippen molar-refractivity contribution in [2.45, 2.75) is 64.3 Å². The fraction of sp³-hybridized carbons (Fsp3) is 0.875. The molecule has 0 aromatic carbocycles. The maximum absolute atomic E-state index is 12.2. The Bertz CT molecular complexity index is 465. The molecule has 0 aromatic rings. The van der Waals surface area contributed by atoms with E-state index in [4.69, 9.17) is 0 Å². The highest BCUT2D eigenvalue weighted by Crippen LogP contribution is 2.67. The van der Waals surface area contributed by atoms with Gasteiger partial charge in [-0.1, -0.05) is 13.8 Å². The Hall–Kier alpha value is -0.860. The van der Waals surface area contributed by atoms with Crippen molar-refractivity contribution in [3.05, 3.63) is 0 Å². The fourth-order valence-corrected chi connectivity index (χ4v) is 6.71. The summed E-state index contributed by atoms with van der Waals surface area (Å²) in [5.74, 6) is 0.426. The minimum atomic E-state index is -0.186. The van der Waals surface area contributed by atoms with E-state index in [1.54, 1.807) is 0 Å². The average Bonchev–Trinajstić information content (AvgIpc) is 2.54. The molecule has 1 saturated heterocycles. The van der Waals surface area contributed by atoms with E-state index < -0.39 is 0 Å². The first kappa shape index (κ1) is 11.9. The summed E-state index contributed by atoms with van der Waals surface area (Å²) in [7, 11) is 0. The number of rotatable bonds is 1. The topological polar surface area (TPSA) is 37.4 Å². The summed E-state index contributed by atoms with van der Waals surface area (Å²) in [6.45, 7) is 5.50. The van der Waals surface area contributed by atoms with E-state index in [1.807, 2.05) is 4.90 Å². The van der Waals surface area contributed by atoms with Crippen LogP contribution in [0.5, 0.6) is 0 Å². The predicted octanol–water partition coefficient (Wildman–Crippen LogP) is 2.54. The quantitative estimate of drug-likeness (QED) is 0.680. The molecule has 4 aliphatic carbocycles. The largest absolute Gasteiger partial charge is 0.330 e. The summed E-state index contributed by atoms with van der Waals surface area (Å²) in [4.78, 5) is 25.8. The molecule has 5 fully saturated rings. The highest BCUT2D eigenvalue weighted by molar-refractivity contribution is 6.38. The summed E-state index contributed by atoms with van der Waals surface area (Å²) in [5.41, 5.74) is 0.826. The lowest BCUT2D eigenvalue weighted by molar-refractivity contribution is -0.171. The van der Waals surface area contributed by atoms with Crippen molar-refractivity contribution >= 4 is 11.7 Å². The van der Waals surface area contributed by atoms with Gasteiger partial charge in [-0.25, -0.2) is 0 Å². The lowest BCUT2D eigenvalue weighted by Gasteiger charge is -2.67. The molecule has 5 rings (SSSR count). The summed E-state index contributed by atoms with van der Waals surface area (Å²) in [5, 5.41) is 0. The molecule has 5 aliphatic rings. The van der Waals surface area contributed by atoms with Crippen LogP contribution in [0.2, 0.25) is 0 Å². The van der Waals surface area contributed by atoms with E-state index in [1.165, 1.54) is 19.3 Å². The number of carbonyl (C=O) groups excluding carboxylic acids is 2. The molecule has 3 nitrogen and oxygen atoms in total. The highest BCUT2D eigenvalue weighted by atomic mass is 16.2. The molecule has 2 unspecified atom stereocenters. The Balaban J connectivity index is 1.75. The van der Waals surface area contributed by atoms with Crippen molar-refractivity contribution in [3.63, 3.8) is 0 Å². The van der Waals surface area contributed by atoms with E-state index >= 15 is 0 Å². The smallest absolute Gasteiger partial charge is 0.290 e. The van der Waals surface area contributed by atoms with Crippen molar-refractivity contribution in [3.8, 4) is 0 Å². The highest BCUT2D eigenvalue weighted by Gasteiger charge is 2.63. The van der Waals surface area contributed by atoms with Crippen LogP contribution in [0.1, 0.15) is 58.8 Å². The van der Waals surface area contributed by atoms with Crippen LogP contribution in [0.4, 0.5) is 0 Å². The van der Waals surface area contributed by atoms with Gasteiger partial charge in [0.1, 0.15) is 0 Å². The Morgan fingerprint density at radius 2 is 1.63 bits per heavy atom. The standard InChI is InChI=1S/C16H23NO2/c1-14-5-11-6-15(2,8-14)10-16(7-11,9-14)17-4-3-12(18)13(17)19/h11H,3-10H2,1-2H3. The third-order valence-corrected chi connectivity index (χ3v) is 6.22. The third-order valence-electron chi connectivity index (χ3n) is 6.22. The summed E-state index contributed by atoms with van der Waals surface area (Å²) >= 11 is 0. The number of likely N-dealkylation sites (tertiary alicyclic amines) is 1. The number of nitrogens with zero attached hydrogens (tertiary/aromatic N) is 1. The molecule has 0 N–H and O–H groups in total. The van der Waals surface area contributed by atoms with Crippen molar-refractivity contribution < 1.29 is 9.59 Å². The maximum Gasteiger partial charge on any atom is 0.290 e. The maximum atomic E-state index is 12.2. The summed E-state index contributed by atoms with van der Waals surface area (Å²) < 4.78 is 0. The zero-order valence-corrected chi connectivity index (χ0v) is 12.0. The summed E-state index contributed by atoms with van der Waals surface area (Å²) in [6.07, 6.45) is 7.83. The fourth-order valence-electron chi connectivity index (χ4n) is 6.71. The second kappa shape index (κ2) is 3.24. The van der Waals surface area contributed by atoms with Crippen LogP contribution in [0, 0.1) is 16.7 Å². The van der Waals surface area contributed by atoms with Crippen LogP contribution in [0.15, 0.2) is 0 Å². The molecule has 0 radical (unpaired) electrons. The second-order valence-corrected chi connectivity index (χ2v) is 8.48. The molecule has 4 bridgehead atoms. The van der Waals surface area contributed by atoms with Crippen LogP contribution >= 0.6 is 0 Å². The molecule has 1 heterocycles. The first-order valence-electron chi connectivity index (χ1n) is 7.68. The lowest BCUT2D eigenvalue weighted by atomic mass is 9.42. The van der Waals surface area contributed by atoms with Crippen molar-refractivity contribution in [1.82, 2.24) is 4.90 Å². The van der Waals surface area contributed by atoms with Gasteiger partial charge in [-0.2, -0.15) is 0 Å². The molecule has 19 heavy (non-hydrogen) atoms. The summed E-state index contributed by atoms with van der Waals surface area (Å²) in [6, 6.07) is 0. The number of hydrogen-bond acceptors (Lipinski definition) is 2. The van der Waals surface area contributed by atoms with E-state index in [0.29, 0.717) is 23.8 Å². The molecular weight excluding hydrogens is 238 g/mol. The zero-order valence-electron chi connectivity index (χ0n) is 12.0. The third kappa shape index (κ3) is 1.50. The van der Waals surface area contributed by atoms with Crippen molar-refractivity contribution in [2.24, 2.45) is 16.7 Å². The molecule has 0 aromatic heterocycles. The molecule has 3 heteroatoms. The van der Waals surface area contributed by atoms with Gasteiger partial charge in [0.15, 0.2) is 0 Å². The van der Waals surface area contributed by atoms with Crippen LogP contribution in [0.3, 0.4) is 0 Å². The molecule has 104 valence electrons. The number of hydrogen-bond donors (Lipinski definition) is 0. The first-order chi connectivity index (χ1) is 8.83. The molecule has 0 spiro atoms. The Morgan fingerprint density at radius 3 is 2.11 bits per heavy atom. The Morgan fingerprint density at radius 1 is 1.00 bits per heavy atom. The normalized spacial score (nSPS) is 52.3. The Kier molecular flexibility index (Phi) is 2.03. The number of carbonyl (C=O) groups is 2. The van der Waals surface area contributed by atoms with Gasteiger partial charge in [0.2, 0.25) is 5.78 Å². The first-order valence-corrected chi connectivity index (χ1v) is 7.68. The van der Waals surface area contributed by atoms with E-state index in [-0.39, 0.29) is 17.2 Å². The predicted molar refractivity (Wildman–Crippen MR) is 71.5 cm³/mol. The van der Waals surface area contributed by atoms with E-state index in [9.17, 15) is 9.59 Å². The number of ketones is 1. The lowest BCUT2D eigenvalue weighted by Crippen LogP contribution is -2.65. The monoisotopic (exact) mass is 261 g/mol. The molecule has 4 saturated carbocycles. The van der Waals surface area contributed by atoms with Gasteiger partial charge >= 0.3 is 0 Å². The molecule has 1 aliphatic heterocycles. The molecule has 1 amide bonds. The Labute approximate surface area is 114 Å². The average molecular weight is 261 g/mol. The minimum absolute atomic E-state index is 0.0200. The van der Waals surface area contributed by atoms with Gasteiger partial charge in [-0.15, -0.1) is 0 Å². The van der Waals surface area contributed by atoms with Crippen LogP contribution in [-0.4, -0.2) is 28.7 Å². The van der Waals surface area contributed by atoms with Crippen molar-refractivity contribution in [2.75, 3.05) is 6.54 Å². The minimum Gasteiger partial charge on any atom is -0.330 e. The second-order valence-electron chi connectivity index (χ2n) is 8.48. The van der Waals surface area contributed by atoms with Gasteiger partial charge in [0.05, 0.1) is 0 Å². The van der Waals surface area contributed by atoms with E-state index in [0.717, 1.165) is 25.2 Å². The van der Waals surface area contributed by atoms with E-state index in [2.05, 4.69) is 13.8 Å². The number of Topliss-reactive ketones (excluding diaryl/α,β-unsaturated/α-hetero) is 1. The number of amides is 1. The molecule has 2 atom stereocenters. The van der Waals surface area contributed by atoms with Gasteiger partial charge in [-0.05, 0) is 55.3 Å². The van der Waals surface area contributed by atoms with Gasteiger partial charge in [0.25, 0.3) is 5.91 Å².